The summed E-state index contributed by atoms with van der Waals surface area (Å²) in [5.74, 6) is -1.43. The second-order valence-corrected chi connectivity index (χ2v) is 5.93. The number of benzene rings is 2. The van der Waals surface area contributed by atoms with Gasteiger partial charge in [0.25, 0.3) is 5.91 Å². The maximum absolute atomic E-state index is 14.3. The smallest absolute Gasteiger partial charge is 0.256 e. The molecule has 2 heterocycles. The van der Waals surface area contributed by atoms with E-state index in [1.165, 1.54) is 47.7 Å². The molecule has 0 aliphatic heterocycles. The molecule has 4 rings (SSSR count). The summed E-state index contributed by atoms with van der Waals surface area (Å²) in [6.07, 6.45) is 2.68. The third kappa shape index (κ3) is 3.24. The molecule has 0 unspecified atom stereocenters. The molecule has 6 nitrogen and oxygen atoms in total. The molecule has 0 fully saturated rings. The summed E-state index contributed by atoms with van der Waals surface area (Å²) in [6, 6.07) is 9.90. The first-order valence-electron chi connectivity index (χ1n) is 8.04. The van der Waals surface area contributed by atoms with Crippen LogP contribution in [0.25, 0.3) is 16.6 Å². The first kappa shape index (κ1) is 16.8. The minimum absolute atomic E-state index is 0.214. The number of aryl methyl sites for hydroxylation is 1. The van der Waals surface area contributed by atoms with Gasteiger partial charge in [0, 0.05) is 22.8 Å². The van der Waals surface area contributed by atoms with Crippen LogP contribution in [0.2, 0.25) is 0 Å². The maximum atomic E-state index is 14.3. The molecule has 1 amide bonds. The van der Waals surface area contributed by atoms with Crippen LogP contribution in [0, 0.1) is 18.6 Å². The lowest BCUT2D eigenvalue weighted by Crippen LogP contribution is -2.13. The van der Waals surface area contributed by atoms with Gasteiger partial charge in [0.15, 0.2) is 5.82 Å². The molecule has 4 aromatic rings. The zero-order valence-corrected chi connectivity index (χ0v) is 14.1. The molecule has 0 aliphatic carbocycles. The SMILES string of the molecule is Cc1cc(C(=O)Nc2ccc(-n3cncn3)c(F)c2)c2ccc(F)cc2n1. The number of rotatable bonds is 3. The van der Waals surface area contributed by atoms with E-state index < -0.39 is 17.5 Å². The van der Waals surface area contributed by atoms with Crippen molar-refractivity contribution in [1.29, 1.82) is 0 Å². The number of nitrogens with zero attached hydrogens (tertiary/aromatic N) is 4. The van der Waals surface area contributed by atoms with Gasteiger partial charge in [0.1, 0.15) is 24.2 Å². The van der Waals surface area contributed by atoms with E-state index in [0.29, 0.717) is 22.2 Å². The fourth-order valence-corrected chi connectivity index (χ4v) is 2.82. The van der Waals surface area contributed by atoms with Crippen molar-refractivity contribution in [2.75, 3.05) is 5.32 Å². The van der Waals surface area contributed by atoms with Gasteiger partial charge in [-0.25, -0.2) is 18.4 Å². The molecule has 0 atom stereocenters. The molecule has 0 saturated carbocycles. The standard InChI is InChI=1S/C19H13F2N5O/c1-11-6-15(14-4-2-12(20)7-17(14)24-11)19(27)25-13-3-5-18(16(21)8-13)26-10-22-9-23-26/h2-10H,1H3,(H,25,27). The highest BCUT2D eigenvalue weighted by atomic mass is 19.1. The van der Waals surface area contributed by atoms with Crippen LogP contribution in [0.5, 0.6) is 0 Å². The van der Waals surface area contributed by atoms with Crippen LogP contribution in [0.3, 0.4) is 0 Å². The second kappa shape index (κ2) is 6.56. The van der Waals surface area contributed by atoms with Crippen molar-refractivity contribution in [2.24, 2.45) is 0 Å². The Morgan fingerprint density at radius 2 is 1.96 bits per heavy atom. The van der Waals surface area contributed by atoms with Crippen molar-refractivity contribution >= 4 is 22.5 Å². The van der Waals surface area contributed by atoms with Crippen molar-refractivity contribution in [3.63, 3.8) is 0 Å². The van der Waals surface area contributed by atoms with Gasteiger partial charge in [-0.05, 0) is 43.3 Å². The predicted octanol–water partition coefficient (Wildman–Crippen LogP) is 3.65. The van der Waals surface area contributed by atoms with Crippen molar-refractivity contribution in [2.45, 2.75) is 6.92 Å². The van der Waals surface area contributed by atoms with Crippen molar-refractivity contribution in [3.8, 4) is 5.69 Å². The molecule has 8 heteroatoms. The van der Waals surface area contributed by atoms with Crippen LogP contribution in [0.15, 0.2) is 55.1 Å². The molecule has 0 bridgehead atoms. The number of carbonyl (C=O) groups is 1. The molecule has 134 valence electrons. The highest BCUT2D eigenvalue weighted by Crippen LogP contribution is 2.22. The number of nitrogens with one attached hydrogen (secondary N) is 1. The minimum atomic E-state index is -0.559. The Balaban J connectivity index is 1.67. The van der Waals surface area contributed by atoms with Gasteiger partial charge in [-0.2, -0.15) is 5.10 Å². The third-order valence-corrected chi connectivity index (χ3v) is 4.02. The number of amides is 1. The van der Waals surface area contributed by atoms with Crippen LogP contribution in [-0.4, -0.2) is 25.7 Å². The van der Waals surface area contributed by atoms with Crippen LogP contribution < -0.4 is 5.32 Å². The van der Waals surface area contributed by atoms with Gasteiger partial charge in [-0.15, -0.1) is 0 Å². The lowest BCUT2D eigenvalue weighted by atomic mass is 10.1. The molecule has 0 spiro atoms. The summed E-state index contributed by atoms with van der Waals surface area (Å²) in [6.45, 7) is 1.72. The lowest BCUT2D eigenvalue weighted by Gasteiger charge is -2.10. The molecule has 1 N–H and O–H groups in total. The third-order valence-electron chi connectivity index (χ3n) is 4.02. The molecule has 0 aliphatic rings. The molecular formula is C19H13F2N5O. The number of pyridine rings is 1. The number of fused-ring (bicyclic) bond motifs is 1. The largest absolute Gasteiger partial charge is 0.322 e. The highest BCUT2D eigenvalue weighted by molar-refractivity contribution is 6.12. The van der Waals surface area contributed by atoms with E-state index in [2.05, 4.69) is 20.4 Å². The lowest BCUT2D eigenvalue weighted by molar-refractivity contribution is 0.102. The first-order valence-corrected chi connectivity index (χ1v) is 8.04. The number of carbonyl (C=O) groups excluding carboxylic acids is 1. The molecule has 2 aromatic heterocycles. The van der Waals surface area contributed by atoms with Gasteiger partial charge in [0.05, 0.1) is 11.1 Å². The van der Waals surface area contributed by atoms with Crippen molar-refractivity contribution < 1.29 is 13.6 Å². The number of hydrogen-bond acceptors (Lipinski definition) is 4. The molecule has 2 aromatic carbocycles. The Bertz CT molecular complexity index is 1150. The fraction of sp³-hybridized carbons (Fsp3) is 0.0526. The Kier molecular flexibility index (Phi) is 4.08. The van der Waals surface area contributed by atoms with Crippen molar-refractivity contribution in [1.82, 2.24) is 19.7 Å². The van der Waals surface area contributed by atoms with Crippen LogP contribution in [-0.2, 0) is 0 Å². The zero-order valence-electron chi connectivity index (χ0n) is 14.1. The van der Waals surface area contributed by atoms with Crippen LogP contribution in [0.4, 0.5) is 14.5 Å². The Labute approximate surface area is 152 Å². The Morgan fingerprint density at radius 1 is 1.11 bits per heavy atom. The summed E-state index contributed by atoms with van der Waals surface area (Å²) in [5, 5.41) is 7.05. The second-order valence-electron chi connectivity index (χ2n) is 5.93. The Morgan fingerprint density at radius 3 is 2.70 bits per heavy atom. The van der Waals surface area contributed by atoms with E-state index in [9.17, 15) is 13.6 Å². The summed E-state index contributed by atoms with van der Waals surface area (Å²) in [4.78, 5) is 20.7. The van der Waals surface area contributed by atoms with Gasteiger partial charge in [-0.1, -0.05) is 0 Å². The van der Waals surface area contributed by atoms with E-state index in [4.69, 9.17) is 0 Å². The minimum Gasteiger partial charge on any atom is -0.322 e. The maximum Gasteiger partial charge on any atom is 0.256 e. The van der Waals surface area contributed by atoms with E-state index in [-0.39, 0.29) is 11.4 Å². The quantitative estimate of drug-likeness (QED) is 0.601. The molecular weight excluding hydrogens is 352 g/mol. The van der Waals surface area contributed by atoms with Gasteiger partial charge in [0.2, 0.25) is 0 Å². The van der Waals surface area contributed by atoms with Gasteiger partial charge >= 0.3 is 0 Å². The number of aromatic nitrogens is 4. The summed E-state index contributed by atoms with van der Waals surface area (Å²) in [7, 11) is 0. The Hall–Kier alpha value is -3.68. The molecule has 0 saturated heterocycles. The summed E-state index contributed by atoms with van der Waals surface area (Å²) in [5.41, 5.74) is 1.79. The van der Waals surface area contributed by atoms with Gasteiger partial charge in [-0.3, -0.25) is 9.78 Å². The topological polar surface area (TPSA) is 72.7 Å². The van der Waals surface area contributed by atoms with E-state index in [0.717, 1.165) is 0 Å². The average Bonchev–Trinajstić information content (AvgIpc) is 3.15. The van der Waals surface area contributed by atoms with Crippen molar-refractivity contribution in [3.05, 3.63) is 78.0 Å². The first-order chi connectivity index (χ1) is 13.0. The monoisotopic (exact) mass is 365 g/mol. The van der Waals surface area contributed by atoms with E-state index in [1.807, 2.05) is 0 Å². The fourth-order valence-electron chi connectivity index (χ4n) is 2.82. The average molecular weight is 365 g/mol. The number of anilines is 1. The summed E-state index contributed by atoms with van der Waals surface area (Å²) >= 11 is 0. The summed E-state index contributed by atoms with van der Waals surface area (Å²) < 4.78 is 29.1. The normalized spacial score (nSPS) is 10.9. The van der Waals surface area contributed by atoms with Crippen LogP contribution >= 0.6 is 0 Å². The zero-order chi connectivity index (χ0) is 19.0. The molecule has 0 radical (unpaired) electrons. The van der Waals surface area contributed by atoms with Crippen LogP contribution in [0.1, 0.15) is 16.1 Å². The number of halogens is 2. The van der Waals surface area contributed by atoms with E-state index in [1.54, 1.807) is 19.1 Å². The predicted molar refractivity (Wildman–Crippen MR) is 95.7 cm³/mol. The molecule has 27 heavy (non-hydrogen) atoms. The highest BCUT2D eigenvalue weighted by Gasteiger charge is 2.14. The van der Waals surface area contributed by atoms with E-state index >= 15 is 0 Å². The number of hydrogen-bond donors (Lipinski definition) is 1. The van der Waals surface area contributed by atoms with Gasteiger partial charge < -0.3 is 5.32 Å².